The first-order valence-corrected chi connectivity index (χ1v) is 5.31. The third-order valence-corrected chi connectivity index (χ3v) is 2.21. The van der Waals surface area contributed by atoms with E-state index < -0.39 is 5.91 Å². The Morgan fingerprint density at radius 2 is 2.12 bits per heavy atom. The second-order valence-corrected chi connectivity index (χ2v) is 3.66. The minimum absolute atomic E-state index is 0.0502. The summed E-state index contributed by atoms with van der Waals surface area (Å²) in [6.07, 6.45) is 3.06. The van der Waals surface area contributed by atoms with Gasteiger partial charge in [-0.25, -0.2) is 0 Å². The fraction of sp³-hybridized carbons (Fsp3) is 0.0769. The highest BCUT2D eigenvalue weighted by Gasteiger charge is 2.07. The Bertz CT molecular complexity index is 483. The van der Waals surface area contributed by atoms with Gasteiger partial charge >= 0.3 is 0 Å². The summed E-state index contributed by atoms with van der Waals surface area (Å²) in [4.78, 5) is 11.5. The molecule has 0 aromatic heterocycles. The van der Waals surface area contributed by atoms with E-state index in [1.165, 1.54) is 6.08 Å². The Morgan fingerprint density at radius 1 is 1.47 bits per heavy atom. The number of hydrogen-bond acceptors (Lipinski definition) is 2. The Labute approximate surface area is 105 Å². The van der Waals surface area contributed by atoms with Gasteiger partial charge in [0.15, 0.2) is 0 Å². The molecule has 86 valence electrons. The van der Waals surface area contributed by atoms with Gasteiger partial charge in [0.1, 0.15) is 11.6 Å². The van der Waals surface area contributed by atoms with E-state index >= 15 is 0 Å². The summed E-state index contributed by atoms with van der Waals surface area (Å²) in [5, 5.41) is 12.0. The van der Waals surface area contributed by atoms with Crippen LogP contribution < -0.4 is 5.32 Å². The molecule has 4 heteroatoms. The first kappa shape index (κ1) is 13.0. The molecular weight excluding hydrogens is 236 g/mol. The number of benzene rings is 1. The molecule has 0 saturated heterocycles. The lowest BCUT2D eigenvalue weighted by molar-refractivity contribution is -0.116. The van der Waals surface area contributed by atoms with Crippen LogP contribution in [0.5, 0.6) is 0 Å². The van der Waals surface area contributed by atoms with Gasteiger partial charge in [-0.3, -0.25) is 4.79 Å². The van der Waals surface area contributed by atoms with Crippen molar-refractivity contribution < 1.29 is 4.79 Å². The molecule has 3 nitrogen and oxygen atoms in total. The van der Waals surface area contributed by atoms with Crippen LogP contribution in [0, 0.1) is 11.3 Å². The number of nitriles is 1. The van der Waals surface area contributed by atoms with Gasteiger partial charge < -0.3 is 5.32 Å². The topological polar surface area (TPSA) is 52.9 Å². The summed E-state index contributed by atoms with van der Waals surface area (Å²) in [5.41, 5.74) is 0.800. The van der Waals surface area contributed by atoms with Crippen molar-refractivity contribution in [2.75, 3.05) is 6.54 Å². The van der Waals surface area contributed by atoms with E-state index in [0.29, 0.717) is 11.6 Å². The number of amides is 1. The van der Waals surface area contributed by atoms with Gasteiger partial charge in [-0.1, -0.05) is 29.8 Å². The molecule has 1 aromatic carbocycles. The lowest BCUT2D eigenvalue weighted by Crippen LogP contribution is -2.24. The zero-order chi connectivity index (χ0) is 12.7. The molecule has 0 atom stereocenters. The van der Waals surface area contributed by atoms with Crippen molar-refractivity contribution in [3.63, 3.8) is 0 Å². The van der Waals surface area contributed by atoms with Crippen molar-refractivity contribution in [3.05, 3.63) is 53.1 Å². The summed E-state index contributed by atoms with van der Waals surface area (Å²) in [6, 6.07) is 8.73. The maximum atomic E-state index is 11.5. The van der Waals surface area contributed by atoms with Crippen LogP contribution in [0.3, 0.4) is 0 Å². The number of nitrogens with zero attached hydrogens (tertiary/aromatic N) is 1. The largest absolute Gasteiger partial charge is 0.348 e. The summed E-state index contributed by atoms with van der Waals surface area (Å²) < 4.78 is 0. The number of nitrogens with one attached hydrogen (secondary N) is 1. The summed E-state index contributed by atoms with van der Waals surface area (Å²) >= 11 is 5.74. The van der Waals surface area contributed by atoms with Crippen LogP contribution in [0.2, 0.25) is 5.02 Å². The highest BCUT2D eigenvalue weighted by atomic mass is 35.5. The molecule has 1 N–H and O–H groups in total. The average molecular weight is 247 g/mol. The van der Waals surface area contributed by atoms with Gasteiger partial charge in [-0.2, -0.15) is 5.26 Å². The lowest BCUT2D eigenvalue weighted by Gasteiger charge is -2.00. The van der Waals surface area contributed by atoms with Gasteiger partial charge in [0.25, 0.3) is 5.91 Å². The summed E-state index contributed by atoms with van der Waals surface area (Å²) in [7, 11) is 0. The number of halogens is 1. The van der Waals surface area contributed by atoms with E-state index in [1.807, 2.05) is 6.07 Å². The van der Waals surface area contributed by atoms with Crippen LogP contribution >= 0.6 is 11.6 Å². The molecule has 0 aliphatic carbocycles. The number of hydrogen-bond donors (Lipinski definition) is 1. The molecule has 1 rings (SSSR count). The first-order chi connectivity index (χ1) is 8.17. The second kappa shape index (κ2) is 6.51. The third kappa shape index (κ3) is 4.13. The van der Waals surface area contributed by atoms with Crippen molar-refractivity contribution in [2.24, 2.45) is 0 Å². The maximum absolute atomic E-state index is 11.5. The highest BCUT2D eigenvalue weighted by molar-refractivity contribution is 6.30. The van der Waals surface area contributed by atoms with E-state index in [-0.39, 0.29) is 5.57 Å². The van der Waals surface area contributed by atoms with Gasteiger partial charge in [-0.15, -0.1) is 6.58 Å². The molecule has 0 aliphatic heterocycles. The van der Waals surface area contributed by atoms with E-state index in [1.54, 1.807) is 30.3 Å². The van der Waals surface area contributed by atoms with Crippen molar-refractivity contribution in [1.29, 1.82) is 5.26 Å². The van der Waals surface area contributed by atoms with E-state index in [9.17, 15) is 4.79 Å². The van der Waals surface area contributed by atoms with Crippen molar-refractivity contribution >= 4 is 23.6 Å². The molecule has 0 bridgehead atoms. The molecule has 0 spiro atoms. The zero-order valence-corrected chi connectivity index (χ0v) is 9.87. The number of carbonyl (C=O) groups is 1. The van der Waals surface area contributed by atoms with Gasteiger partial charge in [0.2, 0.25) is 0 Å². The minimum Gasteiger partial charge on any atom is -0.348 e. The van der Waals surface area contributed by atoms with E-state index in [4.69, 9.17) is 16.9 Å². The summed E-state index contributed by atoms with van der Waals surface area (Å²) in [6.45, 7) is 3.81. The van der Waals surface area contributed by atoms with Crippen LogP contribution in [0.15, 0.2) is 42.5 Å². The molecular formula is C13H11ClN2O. The van der Waals surface area contributed by atoms with Crippen molar-refractivity contribution in [1.82, 2.24) is 5.32 Å². The third-order valence-electron chi connectivity index (χ3n) is 1.95. The first-order valence-electron chi connectivity index (χ1n) is 4.94. The second-order valence-electron chi connectivity index (χ2n) is 3.22. The van der Waals surface area contributed by atoms with E-state index in [2.05, 4.69) is 11.9 Å². The summed E-state index contributed by atoms with van der Waals surface area (Å²) in [5.74, 6) is -0.414. The molecule has 0 radical (unpaired) electrons. The van der Waals surface area contributed by atoms with Crippen LogP contribution in [0.1, 0.15) is 5.56 Å². The van der Waals surface area contributed by atoms with Crippen LogP contribution in [0.4, 0.5) is 0 Å². The lowest BCUT2D eigenvalue weighted by atomic mass is 10.1. The highest BCUT2D eigenvalue weighted by Crippen LogP contribution is 2.12. The standard InChI is InChI=1S/C13H11ClN2O/c1-2-7-16-13(17)11(9-15)8-10-3-5-12(14)6-4-10/h2-6,8H,1,7H2,(H,16,17)/b11-8+. The van der Waals surface area contributed by atoms with Crippen molar-refractivity contribution in [2.45, 2.75) is 0 Å². The zero-order valence-electron chi connectivity index (χ0n) is 9.11. The molecule has 0 fully saturated rings. The van der Waals surface area contributed by atoms with Crippen LogP contribution in [-0.4, -0.2) is 12.5 Å². The van der Waals surface area contributed by atoms with Crippen LogP contribution in [0.25, 0.3) is 6.08 Å². The normalized spacial score (nSPS) is 10.5. The molecule has 1 amide bonds. The number of carbonyl (C=O) groups excluding carboxylic acids is 1. The fourth-order valence-electron chi connectivity index (χ4n) is 1.13. The van der Waals surface area contributed by atoms with Crippen LogP contribution in [-0.2, 0) is 4.79 Å². The molecule has 0 unspecified atom stereocenters. The average Bonchev–Trinajstić information content (AvgIpc) is 2.35. The fourth-order valence-corrected chi connectivity index (χ4v) is 1.26. The SMILES string of the molecule is C=CCNC(=O)/C(C#N)=C/c1ccc(Cl)cc1. The Balaban J connectivity index is 2.87. The molecule has 0 saturated carbocycles. The van der Waals surface area contributed by atoms with Gasteiger partial charge in [0, 0.05) is 11.6 Å². The predicted molar refractivity (Wildman–Crippen MR) is 68.2 cm³/mol. The molecule has 1 aromatic rings. The Kier molecular flexibility index (Phi) is 4.99. The Hall–Kier alpha value is -2.05. The monoisotopic (exact) mass is 246 g/mol. The van der Waals surface area contributed by atoms with Crippen molar-refractivity contribution in [3.8, 4) is 6.07 Å². The van der Waals surface area contributed by atoms with Gasteiger partial charge in [-0.05, 0) is 23.8 Å². The molecule has 0 aliphatic rings. The molecule has 17 heavy (non-hydrogen) atoms. The van der Waals surface area contributed by atoms with Gasteiger partial charge in [0.05, 0.1) is 0 Å². The smallest absolute Gasteiger partial charge is 0.262 e. The molecule has 0 heterocycles. The van der Waals surface area contributed by atoms with E-state index in [0.717, 1.165) is 5.56 Å². The quantitative estimate of drug-likeness (QED) is 0.504. The predicted octanol–water partition coefficient (Wildman–Crippen LogP) is 2.55. The Morgan fingerprint density at radius 3 is 2.65 bits per heavy atom. The maximum Gasteiger partial charge on any atom is 0.262 e. The number of rotatable bonds is 4. The minimum atomic E-state index is -0.414.